The first kappa shape index (κ1) is 19.3. The Balaban J connectivity index is 2.37. The highest BCUT2D eigenvalue weighted by molar-refractivity contribution is 7.07. The third-order valence-corrected chi connectivity index (χ3v) is 8.92. The Morgan fingerprint density at radius 2 is 1.22 bits per heavy atom. The van der Waals surface area contributed by atoms with E-state index in [1.807, 2.05) is 0 Å². The van der Waals surface area contributed by atoms with Crippen LogP contribution in [-0.2, 0) is 4.43 Å². The Morgan fingerprint density at radius 1 is 0.741 bits per heavy atom. The molecule has 0 saturated heterocycles. The first-order chi connectivity index (χ1) is 12.8. The highest BCUT2D eigenvalue weighted by atomic mass is 28.4. The topological polar surface area (TPSA) is 9.23 Å². The first-order valence-electron chi connectivity index (χ1n) is 9.40. The second kappa shape index (κ2) is 7.67. The molecule has 3 aromatic rings. The lowest BCUT2D eigenvalue weighted by Gasteiger charge is -2.39. The molecule has 0 aliphatic heterocycles. The maximum atomic E-state index is 7.03. The predicted molar refractivity (Wildman–Crippen MR) is 120 cm³/mol. The van der Waals surface area contributed by atoms with E-state index < -0.39 is 8.32 Å². The molecule has 0 aromatic heterocycles. The lowest BCUT2D eigenvalue weighted by molar-refractivity contribution is 0.130. The van der Waals surface area contributed by atoms with E-state index in [0.29, 0.717) is 0 Å². The Morgan fingerprint density at radius 3 is 1.67 bits per heavy atom. The van der Waals surface area contributed by atoms with Gasteiger partial charge in [-0.2, -0.15) is 0 Å². The normalized spacial score (nSPS) is 12.0. The summed E-state index contributed by atoms with van der Waals surface area (Å²) in [5, 5.41) is 3.75. The Kier molecular flexibility index (Phi) is 5.50. The van der Waals surface area contributed by atoms with E-state index >= 15 is 0 Å². The van der Waals surface area contributed by atoms with Crippen molar-refractivity contribution in [2.75, 3.05) is 0 Å². The summed E-state index contributed by atoms with van der Waals surface area (Å²) in [7, 11) is -2.68. The summed E-state index contributed by atoms with van der Waals surface area (Å²) in [5.74, 6) is 0. The van der Waals surface area contributed by atoms with Gasteiger partial charge in [0.15, 0.2) is 0 Å². The predicted octanol–water partition coefficient (Wildman–Crippen LogP) is 4.50. The zero-order valence-electron chi connectivity index (χ0n) is 16.7. The van der Waals surface area contributed by atoms with Crippen molar-refractivity contribution in [2.24, 2.45) is 0 Å². The van der Waals surface area contributed by atoms with Crippen LogP contribution in [0.25, 0.3) is 5.57 Å². The van der Waals surface area contributed by atoms with E-state index in [1.54, 1.807) is 0 Å². The SMILES string of the molecule is C=C(C)c1cccc([Si](OC(C)(C)C)(c2ccccc2)c2ccccc2)c1. The molecule has 0 radical (unpaired) electrons. The number of benzene rings is 3. The van der Waals surface area contributed by atoms with E-state index in [2.05, 4.69) is 119 Å². The smallest absolute Gasteiger partial charge is 0.288 e. The summed E-state index contributed by atoms with van der Waals surface area (Å²) in [6.07, 6.45) is 0. The minimum Gasteiger partial charge on any atom is -0.399 e. The molecule has 138 valence electrons. The van der Waals surface area contributed by atoms with Crippen molar-refractivity contribution in [1.82, 2.24) is 0 Å². The van der Waals surface area contributed by atoms with Crippen molar-refractivity contribution in [3.05, 3.63) is 97.1 Å². The van der Waals surface area contributed by atoms with Crippen molar-refractivity contribution < 1.29 is 4.43 Å². The molecule has 0 bridgehead atoms. The van der Waals surface area contributed by atoms with Crippen LogP contribution in [-0.4, -0.2) is 13.9 Å². The third-order valence-electron chi connectivity index (χ3n) is 4.58. The first-order valence-corrected chi connectivity index (χ1v) is 11.3. The molecule has 0 N–H and O–H groups in total. The van der Waals surface area contributed by atoms with E-state index in [1.165, 1.54) is 15.6 Å². The van der Waals surface area contributed by atoms with Crippen molar-refractivity contribution in [2.45, 2.75) is 33.3 Å². The molecular formula is C25H28OSi. The van der Waals surface area contributed by atoms with Crippen LogP contribution < -0.4 is 15.6 Å². The van der Waals surface area contributed by atoms with Gasteiger partial charge in [-0.3, -0.25) is 0 Å². The Hall–Kier alpha value is -2.42. The van der Waals surface area contributed by atoms with Crippen LogP contribution in [0, 0.1) is 0 Å². The summed E-state index contributed by atoms with van der Waals surface area (Å²) in [4.78, 5) is 0. The molecule has 0 atom stereocenters. The highest BCUT2D eigenvalue weighted by Crippen LogP contribution is 2.20. The van der Waals surface area contributed by atoms with Gasteiger partial charge in [-0.1, -0.05) is 97.1 Å². The minimum atomic E-state index is -2.68. The summed E-state index contributed by atoms with van der Waals surface area (Å²) >= 11 is 0. The number of allylic oxidation sites excluding steroid dienone is 1. The van der Waals surface area contributed by atoms with Gasteiger partial charge in [-0.05, 0) is 48.8 Å². The molecule has 0 amide bonds. The summed E-state index contributed by atoms with van der Waals surface area (Å²) in [5.41, 5.74) is 1.95. The second-order valence-corrected chi connectivity index (χ2v) is 11.3. The molecule has 0 spiro atoms. The van der Waals surface area contributed by atoms with E-state index in [0.717, 1.165) is 11.1 Å². The van der Waals surface area contributed by atoms with E-state index in [-0.39, 0.29) is 5.60 Å². The van der Waals surface area contributed by atoms with Crippen LogP contribution in [0.2, 0.25) is 0 Å². The van der Waals surface area contributed by atoms with Crippen LogP contribution in [0.3, 0.4) is 0 Å². The minimum absolute atomic E-state index is 0.281. The average Bonchev–Trinajstić information content (AvgIpc) is 2.67. The van der Waals surface area contributed by atoms with Gasteiger partial charge < -0.3 is 4.43 Å². The maximum Gasteiger partial charge on any atom is 0.288 e. The lowest BCUT2D eigenvalue weighted by Crippen LogP contribution is -2.71. The third kappa shape index (κ3) is 4.13. The molecular weight excluding hydrogens is 344 g/mol. The van der Waals surface area contributed by atoms with Crippen LogP contribution in [0.1, 0.15) is 33.3 Å². The molecule has 1 nitrogen and oxygen atoms in total. The Bertz CT molecular complexity index is 868. The molecule has 0 aliphatic rings. The maximum absolute atomic E-state index is 7.03. The summed E-state index contributed by atoms with van der Waals surface area (Å²) in [6, 6.07) is 30.1. The fourth-order valence-electron chi connectivity index (χ4n) is 3.49. The van der Waals surface area contributed by atoms with Gasteiger partial charge in [0.25, 0.3) is 8.32 Å². The van der Waals surface area contributed by atoms with Gasteiger partial charge in [0.05, 0.1) is 0 Å². The second-order valence-electron chi connectivity index (χ2n) is 7.99. The molecule has 0 aliphatic carbocycles. The molecule has 0 fully saturated rings. The summed E-state index contributed by atoms with van der Waals surface area (Å²) in [6.45, 7) is 12.6. The van der Waals surface area contributed by atoms with Crippen molar-refractivity contribution in [3.8, 4) is 0 Å². The zero-order chi connectivity index (χ0) is 19.5. The van der Waals surface area contributed by atoms with Gasteiger partial charge >= 0.3 is 0 Å². The Labute approximate surface area is 164 Å². The van der Waals surface area contributed by atoms with E-state index in [9.17, 15) is 0 Å². The van der Waals surface area contributed by atoms with Crippen molar-refractivity contribution >= 4 is 29.5 Å². The fraction of sp³-hybridized carbons (Fsp3) is 0.200. The molecule has 2 heteroatoms. The lowest BCUT2D eigenvalue weighted by atomic mass is 10.1. The van der Waals surface area contributed by atoms with Gasteiger partial charge in [0, 0.05) is 5.60 Å². The largest absolute Gasteiger partial charge is 0.399 e. The zero-order valence-corrected chi connectivity index (χ0v) is 17.7. The van der Waals surface area contributed by atoms with Crippen molar-refractivity contribution in [3.63, 3.8) is 0 Å². The average molecular weight is 373 g/mol. The van der Waals surface area contributed by atoms with Gasteiger partial charge in [0.2, 0.25) is 0 Å². The summed E-state index contributed by atoms with van der Waals surface area (Å²) < 4.78 is 7.03. The molecule has 27 heavy (non-hydrogen) atoms. The number of hydrogen-bond acceptors (Lipinski definition) is 1. The van der Waals surface area contributed by atoms with Crippen LogP contribution >= 0.6 is 0 Å². The molecule has 3 rings (SSSR count). The van der Waals surface area contributed by atoms with Gasteiger partial charge in [-0.25, -0.2) is 0 Å². The van der Waals surface area contributed by atoms with Gasteiger partial charge in [0.1, 0.15) is 0 Å². The van der Waals surface area contributed by atoms with Crippen LogP contribution in [0.5, 0.6) is 0 Å². The monoisotopic (exact) mass is 372 g/mol. The van der Waals surface area contributed by atoms with Gasteiger partial charge in [-0.15, -0.1) is 0 Å². The fourth-order valence-corrected chi connectivity index (χ4v) is 7.77. The molecule has 0 heterocycles. The standard InChI is InChI=1S/C25H28OSi/c1-20(2)21-13-12-18-24(19-21)27(26-25(3,4)5,22-14-8-6-9-15-22)23-16-10-7-11-17-23/h6-19H,1H2,2-5H3. The molecule has 0 unspecified atom stereocenters. The number of hydrogen-bond donors (Lipinski definition) is 0. The number of rotatable bonds is 5. The van der Waals surface area contributed by atoms with E-state index in [4.69, 9.17) is 4.43 Å². The molecule has 3 aromatic carbocycles. The van der Waals surface area contributed by atoms with Crippen molar-refractivity contribution in [1.29, 1.82) is 0 Å². The molecule has 0 saturated carbocycles. The van der Waals surface area contributed by atoms with Crippen LogP contribution in [0.15, 0.2) is 91.5 Å². The van der Waals surface area contributed by atoms with Crippen LogP contribution in [0.4, 0.5) is 0 Å². The quantitative estimate of drug-likeness (QED) is 0.473. The highest BCUT2D eigenvalue weighted by Gasteiger charge is 2.44.